The SMILES string of the molecule is COC(=O)CN(C)CCOc1ccc(C#N)cc1. The molecule has 0 aliphatic heterocycles. The number of ether oxygens (including phenoxy) is 2. The van der Waals surface area contributed by atoms with Crippen LogP contribution in [-0.4, -0.2) is 44.7 Å². The zero-order valence-electron chi connectivity index (χ0n) is 10.5. The molecule has 18 heavy (non-hydrogen) atoms. The van der Waals surface area contributed by atoms with Crippen molar-refractivity contribution in [2.45, 2.75) is 0 Å². The van der Waals surface area contributed by atoms with E-state index >= 15 is 0 Å². The summed E-state index contributed by atoms with van der Waals surface area (Å²) < 4.78 is 10.0. The maximum atomic E-state index is 11.0. The van der Waals surface area contributed by atoms with Crippen LogP contribution < -0.4 is 4.74 Å². The molecule has 0 radical (unpaired) electrons. The summed E-state index contributed by atoms with van der Waals surface area (Å²) in [7, 11) is 3.18. The van der Waals surface area contributed by atoms with Gasteiger partial charge in [0.1, 0.15) is 12.4 Å². The number of benzene rings is 1. The van der Waals surface area contributed by atoms with E-state index in [1.54, 1.807) is 24.3 Å². The molecule has 0 heterocycles. The van der Waals surface area contributed by atoms with Gasteiger partial charge >= 0.3 is 5.97 Å². The number of nitriles is 1. The Bertz CT molecular complexity index is 423. The van der Waals surface area contributed by atoms with Crippen LogP contribution in [0.15, 0.2) is 24.3 Å². The Morgan fingerprint density at radius 1 is 1.39 bits per heavy atom. The molecule has 0 aliphatic rings. The van der Waals surface area contributed by atoms with E-state index in [4.69, 9.17) is 10.00 Å². The van der Waals surface area contributed by atoms with Gasteiger partial charge < -0.3 is 9.47 Å². The summed E-state index contributed by atoms with van der Waals surface area (Å²) >= 11 is 0. The lowest BCUT2D eigenvalue weighted by molar-refractivity contribution is -0.141. The van der Waals surface area contributed by atoms with E-state index in [0.29, 0.717) is 24.5 Å². The molecule has 1 aromatic carbocycles. The monoisotopic (exact) mass is 248 g/mol. The van der Waals surface area contributed by atoms with Gasteiger partial charge in [0, 0.05) is 6.54 Å². The van der Waals surface area contributed by atoms with E-state index in [0.717, 1.165) is 0 Å². The predicted molar refractivity (Wildman–Crippen MR) is 66.2 cm³/mol. The highest BCUT2D eigenvalue weighted by atomic mass is 16.5. The number of carbonyl (C=O) groups is 1. The summed E-state index contributed by atoms with van der Waals surface area (Å²) in [6.45, 7) is 1.34. The maximum absolute atomic E-state index is 11.0. The number of esters is 1. The molecule has 0 N–H and O–H groups in total. The van der Waals surface area contributed by atoms with Crippen LogP contribution in [0.5, 0.6) is 5.75 Å². The first-order valence-electron chi connectivity index (χ1n) is 5.54. The molecule has 1 aromatic rings. The van der Waals surface area contributed by atoms with Gasteiger partial charge in [-0.05, 0) is 31.3 Å². The maximum Gasteiger partial charge on any atom is 0.319 e. The lowest BCUT2D eigenvalue weighted by Gasteiger charge is -2.15. The lowest BCUT2D eigenvalue weighted by atomic mass is 10.2. The number of carbonyl (C=O) groups excluding carboxylic acids is 1. The first-order valence-corrected chi connectivity index (χ1v) is 5.54. The molecule has 0 atom stereocenters. The molecule has 5 heteroatoms. The Balaban J connectivity index is 2.28. The highest BCUT2D eigenvalue weighted by Gasteiger charge is 2.05. The molecule has 96 valence electrons. The fourth-order valence-corrected chi connectivity index (χ4v) is 1.31. The van der Waals surface area contributed by atoms with Gasteiger partial charge in [-0.15, -0.1) is 0 Å². The molecule has 0 aromatic heterocycles. The molecule has 0 amide bonds. The number of hydrogen-bond acceptors (Lipinski definition) is 5. The van der Waals surface area contributed by atoms with E-state index < -0.39 is 0 Å². The van der Waals surface area contributed by atoms with Gasteiger partial charge in [-0.2, -0.15) is 5.26 Å². The van der Waals surface area contributed by atoms with Crippen LogP contribution in [0.3, 0.4) is 0 Å². The van der Waals surface area contributed by atoms with Crippen LogP contribution in [0.25, 0.3) is 0 Å². The Labute approximate surface area is 107 Å². The van der Waals surface area contributed by atoms with Gasteiger partial charge in [-0.3, -0.25) is 9.69 Å². The van der Waals surface area contributed by atoms with Gasteiger partial charge in [0.15, 0.2) is 0 Å². The van der Waals surface area contributed by atoms with Crippen molar-refractivity contribution in [2.75, 3.05) is 33.9 Å². The molecule has 5 nitrogen and oxygen atoms in total. The standard InChI is InChI=1S/C13H16N2O3/c1-15(10-13(16)17-2)7-8-18-12-5-3-11(9-14)4-6-12/h3-6H,7-8,10H2,1-2H3. The molecule has 0 saturated carbocycles. The summed E-state index contributed by atoms with van der Waals surface area (Å²) in [6, 6.07) is 8.94. The summed E-state index contributed by atoms with van der Waals surface area (Å²) in [5.74, 6) is 0.441. The summed E-state index contributed by atoms with van der Waals surface area (Å²) in [6.07, 6.45) is 0. The molecule has 1 rings (SSSR count). The lowest BCUT2D eigenvalue weighted by Crippen LogP contribution is -2.30. The molecular formula is C13H16N2O3. The second-order valence-electron chi connectivity index (χ2n) is 3.80. The summed E-state index contributed by atoms with van der Waals surface area (Å²) in [4.78, 5) is 12.8. The number of methoxy groups -OCH3 is 1. The fraction of sp³-hybridized carbons (Fsp3) is 0.385. The molecule has 0 unspecified atom stereocenters. The van der Waals surface area contributed by atoms with Crippen LogP contribution in [0, 0.1) is 11.3 Å². The number of rotatable bonds is 6. The van der Waals surface area contributed by atoms with Crippen molar-refractivity contribution in [2.24, 2.45) is 0 Å². The van der Waals surface area contributed by atoms with E-state index in [9.17, 15) is 4.79 Å². The second kappa shape index (κ2) is 7.30. The second-order valence-corrected chi connectivity index (χ2v) is 3.80. The van der Waals surface area contributed by atoms with Gasteiger partial charge in [-0.25, -0.2) is 0 Å². The van der Waals surface area contributed by atoms with Crippen molar-refractivity contribution in [1.82, 2.24) is 4.90 Å². The quantitative estimate of drug-likeness (QED) is 0.704. The van der Waals surface area contributed by atoms with Crippen LogP contribution in [0.4, 0.5) is 0 Å². The summed E-state index contributed by atoms with van der Waals surface area (Å²) in [5.41, 5.74) is 0.602. The van der Waals surface area contributed by atoms with Gasteiger partial charge in [0.2, 0.25) is 0 Å². The van der Waals surface area contributed by atoms with Gasteiger partial charge in [-0.1, -0.05) is 0 Å². The zero-order valence-corrected chi connectivity index (χ0v) is 10.5. The van der Waals surface area contributed by atoms with Crippen molar-refractivity contribution in [3.8, 4) is 11.8 Å². The largest absolute Gasteiger partial charge is 0.492 e. The molecule has 0 bridgehead atoms. The molecule has 0 fully saturated rings. The smallest absolute Gasteiger partial charge is 0.319 e. The van der Waals surface area contributed by atoms with Crippen molar-refractivity contribution < 1.29 is 14.3 Å². The molecular weight excluding hydrogens is 232 g/mol. The van der Waals surface area contributed by atoms with Crippen molar-refractivity contribution in [3.63, 3.8) is 0 Å². The van der Waals surface area contributed by atoms with Crippen molar-refractivity contribution in [1.29, 1.82) is 5.26 Å². The van der Waals surface area contributed by atoms with E-state index in [1.165, 1.54) is 7.11 Å². The predicted octanol–water partition coefficient (Wildman–Crippen LogP) is 1.04. The Kier molecular flexibility index (Phi) is 5.68. The first kappa shape index (κ1) is 14.0. The van der Waals surface area contributed by atoms with Crippen LogP contribution in [0.1, 0.15) is 5.56 Å². The average Bonchev–Trinajstić information content (AvgIpc) is 2.39. The molecule has 0 spiro atoms. The van der Waals surface area contributed by atoms with Gasteiger partial charge in [0.05, 0.1) is 25.3 Å². The fourth-order valence-electron chi connectivity index (χ4n) is 1.31. The van der Waals surface area contributed by atoms with E-state index in [2.05, 4.69) is 4.74 Å². The number of likely N-dealkylation sites (N-methyl/N-ethyl adjacent to an activating group) is 1. The Hall–Kier alpha value is -2.06. The minimum Gasteiger partial charge on any atom is -0.492 e. The van der Waals surface area contributed by atoms with Crippen LogP contribution in [-0.2, 0) is 9.53 Å². The normalized spacial score (nSPS) is 9.89. The van der Waals surface area contributed by atoms with E-state index in [1.807, 2.05) is 18.0 Å². The third-order valence-electron chi connectivity index (χ3n) is 2.35. The molecule has 0 saturated heterocycles. The highest BCUT2D eigenvalue weighted by molar-refractivity contribution is 5.71. The minimum atomic E-state index is -0.268. The Morgan fingerprint density at radius 3 is 2.61 bits per heavy atom. The summed E-state index contributed by atoms with van der Waals surface area (Å²) in [5, 5.41) is 8.64. The van der Waals surface area contributed by atoms with E-state index in [-0.39, 0.29) is 12.5 Å². The third kappa shape index (κ3) is 4.85. The topological polar surface area (TPSA) is 62.6 Å². The van der Waals surface area contributed by atoms with Crippen molar-refractivity contribution in [3.05, 3.63) is 29.8 Å². The highest BCUT2D eigenvalue weighted by Crippen LogP contribution is 2.11. The van der Waals surface area contributed by atoms with Crippen molar-refractivity contribution >= 4 is 5.97 Å². The third-order valence-corrected chi connectivity index (χ3v) is 2.35. The van der Waals surface area contributed by atoms with Crippen LogP contribution >= 0.6 is 0 Å². The van der Waals surface area contributed by atoms with Gasteiger partial charge in [0.25, 0.3) is 0 Å². The Morgan fingerprint density at radius 2 is 2.06 bits per heavy atom. The zero-order chi connectivity index (χ0) is 13.4. The van der Waals surface area contributed by atoms with Crippen LogP contribution in [0.2, 0.25) is 0 Å². The molecule has 0 aliphatic carbocycles. The number of nitrogens with zero attached hydrogens (tertiary/aromatic N) is 2. The first-order chi connectivity index (χ1) is 8.65. The number of hydrogen-bond donors (Lipinski definition) is 0. The minimum absolute atomic E-state index is 0.243. The average molecular weight is 248 g/mol.